The molecule has 4 aromatic heterocycles. The van der Waals surface area contributed by atoms with Crippen molar-refractivity contribution < 1.29 is 13.3 Å². The Balaban J connectivity index is 1.13. The monoisotopic (exact) mass is 616 g/mol. The number of benzene rings is 7. The van der Waals surface area contributed by atoms with Crippen LogP contribution in [0.1, 0.15) is 0 Å². The Hall–Kier alpha value is -6.59. The summed E-state index contributed by atoms with van der Waals surface area (Å²) in [6, 6.07) is 50.0. The molecule has 7 aromatic carbocycles. The zero-order chi connectivity index (χ0) is 31.3. The van der Waals surface area contributed by atoms with Crippen molar-refractivity contribution in [2.75, 3.05) is 0 Å². The van der Waals surface area contributed by atoms with Crippen molar-refractivity contribution in [1.29, 1.82) is 0 Å². The third-order valence-corrected chi connectivity index (χ3v) is 9.61. The Labute approximate surface area is 272 Å². The van der Waals surface area contributed by atoms with Gasteiger partial charge in [0.2, 0.25) is 0 Å². The number of hydrogen-bond acceptors (Lipinski definition) is 4. The summed E-state index contributed by atoms with van der Waals surface area (Å²) in [6.45, 7) is 0. The first-order valence-electron chi connectivity index (χ1n) is 16.0. The van der Waals surface area contributed by atoms with Crippen molar-refractivity contribution in [2.24, 2.45) is 0 Å². The van der Waals surface area contributed by atoms with Crippen LogP contribution in [0.4, 0.5) is 0 Å². The number of aromatic nitrogens is 2. The molecule has 5 nitrogen and oxygen atoms in total. The fourth-order valence-electron chi connectivity index (χ4n) is 7.42. The second-order valence-corrected chi connectivity index (χ2v) is 12.3. The van der Waals surface area contributed by atoms with E-state index in [1.165, 1.54) is 0 Å². The smallest absolute Gasteiger partial charge is 0.147 e. The van der Waals surface area contributed by atoms with E-state index in [2.05, 4.69) is 95.6 Å². The van der Waals surface area contributed by atoms with Gasteiger partial charge in [0.1, 0.15) is 39.3 Å². The van der Waals surface area contributed by atoms with Gasteiger partial charge in [-0.2, -0.15) is 0 Å². The fourth-order valence-corrected chi connectivity index (χ4v) is 7.42. The molecule has 0 saturated heterocycles. The largest absolute Gasteiger partial charge is 0.456 e. The van der Waals surface area contributed by atoms with Gasteiger partial charge in [-0.15, -0.1) is 0 Å². The van der Waals surface area contributed by atoms with Gasteiger partial charge >= 0.3 is 0 Å². The van der Waals surface area contributed by atoms with Gasteiger partial charge in [0.05, 0.1) is 22.1 Å². The molecule has 0 aliphatic carbocycles. The van der Waals surface area contributed by atoms with Crippen LogP contribution >= 0.6 is 0 Å². The number of fused-ring (bicyclic) bond motifs is 11. The van der Waals surface area contributed by atoms with Crippen molar-refractivity contribution in [3.05, 3.63) is 146 Å². The normalized spacial score (nSPS) is 12.2. The summed E-state index contributed by atoms with van der Waals surface area (Å²) in [7, 11) is 0. The van der Waals surface area contributed by atoms with Gasteiger partial charge in [-0.05, 0) is 60.2 Å². The molecule has 11 rings (SSSR count). The zero-order valence-corrected chi connectivity index (χ0v) is 25.5. The molecule has 11 aromatic rings. The third-order valence-electron chi connectivity index (χ3n) is 9.61. The third kappa shape index (κ3) is 3.53. The number of para-hydroxylation sites is 4. The average Bonchev–Trinajstić information content (AvgIpc) is 3.90. The predicted molar refractivity (Wildman–Crippen MR) is 194 cm³/mol. The van der Waals surface area contributed by atoms with E-state index in [1.807, 2.05) is 54.6 Å². The molecule has 0 atom stereocenters. The minimum absolute atomic E-state index is 0.806. The summed E-state index contributed by atoms with van der Waals surface area (Å²) in [4.78, 5) is 5.02. The summed E-state index contributed by atoms with van der Waals surface area (Å²) >= 11 is 0. The van der Waals surface area contributed by atoms with Crippen LogP contribution in [0.5, 0.6) is 0 Å². The highest BCUT2D eigenvalue weighted by Crippen LogP contribution is 2.45. The molecule has 4 heterocycles. The standard InChI is InChI=1S/C43H24N2O3/c1-2-10-25(11-3-1)43-44-34-14-6-7-15-35(34)45(43)27-19-21-30-29-20-18-26(22-38(29)46-39(30)23-27)32-24-33-28-12-4-8-16-36(28)47-42(33)40-31-13-5-9-17-37(31)48-41(32)40/h1-24H. The highest BCUT2D eigenvalue weighted by atomic mass is 16.3. The van der Waals surface area contributed by atoms with E-state index in [0.717, 1.165) is 105 Å². The van der Waals surface area contributed by atoms with Crippen LogP contribution in [0.15, 0.2) is 159 Å². The summed E-state index contributed by atoms with van der Waals surface area (Å²) < 4.78 is 21.9. The lowest BCUT2D eigenvalue weighted by molar-refractivity contribution is 0.663. The van der Waals surface area contributed by atoms with Crippen molar-refractivity contribution in [1.82, 2.24) is 9.55 Å². The first-order chi connectivity index (χ1) is 23.8. The van der Waals surface area contributed by atoms with Gasteiger partial charge in [0, 0.05) is 44.1 Å². The van der Waals surface area contributed by atoms with E-state index in [1.54, 1.807) is 0 Å². The lowest BCUT2D eigenvalue weighted by Gasteiger charge is -2.09. The highest BCUT2D eigenvalue weighted by Gasteiger charge is 2.22. The van der Waals surface area contributed by atoms with E-state index in [-0.39, 0.29) is 0 Å². The molecule has 0 saturated carbocycles. The lowest BCUT2D eigenvalue weighted by Crippen LogP contribution is -1.97. The van der Waals surface area contributed by atoms with Crippen LogP contribution in [0.2, 0.25) is 0 Å². The van der Waals surface area contributed by atoms with E-state index < -0.39 is 0 Å². The number of hydrogen-bond donors (Lipinski definition) is 0. The van der Waals surface area contributed by atoms with Gasteiger partial charge in [0.15, 0.2) is 0 Å². The van der Waals surface area contributed by atoms with Crippen LogP contribution in [0.25, 0.3) is 105 Å². The van der Waals surface area contributed by atoms with E-state index in [4.69, 9.17) is 18.2 Å². The molecule has 0 bridgehead atoms. The molecule has 0 aliphatic heterocycles. The number of nitrogens with zero attached hydrogens (tertiary/aromatic N) is 2. The van der Waals surface area contributed by atoms with Gasteiger partial charge in [0.25, 0.3) is 0 Å². The van der Waals surface area contributed by atoms with E-state index in [0.29, 0.717) is 0 Å². The van der Waals surface area contributed by atoms with E-state index >= 15 is 0 Å². The molecule has 0 spiro atoms. The summed E-state index contributed by atoms with van der Waals surface area (Å²) in [6.07, 6.45) is 0. The topological polar surface area (TPSA) is 57.2 Å². The average molecular weight is 617 g/mol. The fraction of sp³-hybridized carbons (Fsp3) is 0. The summed E-state index contributed by atoms with van der Waals surface area (Å²) in [5, 5.41) is 6.31. The van der Waals surface area contributed by atoms with E-state index in [9.17, 15) is 0 Å². The van der Waals surface area contributed by atoms with Crippen molar-refractivity contribution in [3.63, 3.8) is 0 Å². The Kier molecular flexibility index (Phi) is 5.05. The second kappa shape index (κ2) is 9.47. The Morgan fingerprint density at radius 3 is 1.98 bits per heavy atom. The van der Waals surface area contributed by atoms with Gasteiger partial charge in [-0.1, -0.05) is 84.9 Å². The maximum absolute atomic E-state index is 6.64. The molecule has 0 amide bonds. The summed E-state index contributed by atoms with van der Waals surface area (Å²) in [5.74, 6) is 0.895. The lowest BCUT2D eigenvalue weighted by atomic mass is 9.98. The van der Waals surface area contributed by atoms with Crippen molar-refractivity contribution >= 4 is 76.8 Å². The Morgan fingerprint density at radius 1 is 0.438 bits per heavy atom. The molecule has 0 radical (unpaired) electrons. The number of rotatable bonds is 3. The molecule has 48 heavy (non-hydrogen) atoms. The molecule has 5 heteroatoms. The molecular weight excluding hydrogens is 592 g/mol. The zero-order valence-electron chi connectivity index (χ0n) is 25.5. The van der Waals surface area contributed by atoms with Crippen LogP contribution in [-0.2, 0) is 0 Å². The van der Waals surface area contributed by atoms with Crippen LogP contribution in [0.3, 0.4) is 0 Å². The van der Waals surface area contributed by atoms with Crippen molar-refractivity contribution in [2.45, 2.75) is 0 Å². The van der Waals surface area contributed by atoms with Gasteiger partial charge < -0.3 is 13.3 Å². The molecule has 0 N–H and O–H groups in total. The van der Waals surface area contributed by atoms with Crippen LogP contribution in [-0.4, -0.2) is 9.55 Å². The van der Waals surface area contributed by atoms with Crippen molar-refractivity contribution in [3.8, 4) is 28.2 Å². The van der Waals surface area contributed by atoms with Gasteiger partial charge in [-0.25, -0.2) is 4.98 Å². The Bertz CT molecular complexity index is 3070. The maximum atomic E-state index is 6.64. The quantitative estimate of drug-likeness (QED) is 0.198. The second-order valence-electron chi connectivity index (χ2n) is 12.3. The molecule has 0 fully saturated rings. The maximum Gasteiger partial charge on any atom is 0.147 e. The Morgan fingerprint density at radius 2 is 1.10 bits per heavy atom. The minimum atomic E-state index is 0.806. The summed E-state index contributed by atoms with van der Waals surface area (Å²) in [5.41, 5.74) is 11.1. The number of imidazole rings is 1. The number of furan rings is 3. The molecule has 0 unspecified atom stereocenters. The molecule has 224 valence electrons. The SMILES string of the molecule is c1ccc(-c2nc3ccccc3n2-c2ccc3c(c2)oc2cc(-c4cc5c6ccccc6oc5c5c4oc4ccccc45)ccc23)cc1. The first-order valence-corrected chi connectivity index (χ1v) is 16.0. The van der Waals surface area contributed by atoms with Crippen LogP contribution in [0, 0.1) is 0 Å². The van der Waals surface area contributed by atoms with Gasteiger partial charge in [-0.3, -0.25) is 4.57 Å². The highest BCUT2D eigenvalue weighted by molar-refractivity contribution is 6.25. The van der Waals surface area contributed by atoms with Crippen LogP contribution < -0.4 is 0 Å². The predicted octanol–water partition coefficient (Wildman–Crippen LogP) is 12.1. The first kappa shape index (κ1) is 25.6. The minimum Gasteiger partial charge on any atom is -0.456 e. The molecular formula is C43H24N2O3. The molecule has 0 aliphatic rings.